The second kappa shape index (κ2) is 6.53. The van der Waals surface area contributed by atoms with Gasteiger partial charge in [-0.15, -0.1) is 0 Å². The highest BCUT2D eigenvalue weighted by Gasteiger charge is 2.49. The molecule has 0 radical (unpaired) electrons. The van der Waals surface area contributed by atoms with E-state index in [4.69, 9.17) is 30.4 Å². The number of benzene rings is 1. The highest BCUT2D eigenvalue weighted by Crippen LogP contribution is 2.51. The molecule has 4 N–H and O–H groups in total. The third kappa shape index (κ3) is 3.29. The lowest BCUT2D eigenvalue weighted by Gasteiger charge is -2.42. The molecule has 1 aromatic carbocycles. The van der Waals surface area contributed by atoms with Gasteiger partial charge in [0.05, 0.1) is 56.4 Å². The zero-order valence-corrected chi connectivity index (χ0v) is 17.6. The Balaban J connectivity index is 1.49. The maximum absolute atomic E-state index is 7.44. The van der Waals surface area contributed by atoms with Crippen molar-refractivity contribution < 1.29 is 18.9 Å². The molecule has 4 saturated heterocycles. The van der Waals surface area contributed by atoms with Gasteiger partial charge in [0.2, 0.25) is 0 Å². The Kier molecular flexibility index (Phi) is 3.92. The van der Waals surface area contributed by atoms with Crippen LogP contribution in [0.1, 0.15) is 25.7 Å². The van der Waals surface area contributed by atoms with Crippen molar-refractivity contribution in [2.45, 2.75) is 55.6 Å². The molecule has 7 rings (SSSR count). The van der Waals surface area contributed by atoms with Crippen LogP contribution in [0.4, 0.5) is 5.69 Å². The fraction of sp³-hybridized carbons (Fsp3) is 0.520. The molecule has 1 aromatic rings. The first-order valence-electron chi connectivity index (χ1n) is 11.4. The third-order valence-corrected chi connectivity index (χ3v) is 7.44. The van der Waals surface area contributed by atoms with E-state index in [1.54, 1.807) is 0 Å². The van der Waals surface area contributed by atoms with Crippen LogP contribution in [-0.4, -0.2) is 56.4 Å². The summed E-state index contributed by atoms with van der Waals surface area (Å²) in [4.78, 5) is 0. The number of hydrogen-bond acceptors (Lipinski definition) is 6. The highest BCUT2D eigenvalue weighted by atomic mass is 16.6. The quantitative estimate of drug-likeness (QED) is 0.474. The maximum Gasteiger partial charge on any atom is 0.0850 e. The molecule has 6 heteroatoms. The van der Waals surface area contributed by atoms with E-state index in [1.165, 1.54) is 38.3 Å². The summed E-state index contributed by atoms with van der Waals surface area (Å²) >= 11 is 0. The number of epoxide rings is 4. The standard InChI is InChI=1S/C25H28N2O4/c26-14-1-2-19-13(3-14)4-20-22(6-16-10-29-16)25(27,8-18-12-31-18)23(7-17-11-30-17)21(24(19)20)5-15-9-28-15/h1-4,15-18H,5-12,26-27H2. The smallest absolute Gasteiger partial charge is 0.0850 e. The van der Waals surface area contributed by atoms with Crippen molar-refractivity contribution in [2.24, 2.45) is 5.73 Å². The van der Waals surface area contributed by atoms with Crippen LogP contribution in [0.15, 0.2) is 40.5 Å². The van der Waals surface area contributed by atoms with Gasteiger partial charge in [0.1, 0.15) is 0 Å². The van der Waals surface area contributed by atoms with Crippen molar-refractivity contribution >= 4 is 17.3 Å². The van der Waals surface area contributed by atoms with E-state index in [0.717, 1.165) is 57.8 Å². The molecule has 0 amide bonds. The number of anilines is 1. The fourth-order valence-electron chi connectivity index (χ4n) is 5.56. The van der Waals surface area contributed by atoms with Gasteiger partial charge in [-0.2, -0.15) is 0 Å². The van der Waals surface area contributed by atoms with Crippen LogP contribution in [0.2, 0.25) is 0 Å². The predicted molar refractivity (Wildman–Crippen MR) is 116 cm³/mol. The molecule has 4 aliphatic heterocycles. The van der Waals surface area contributed by atoms with Gasteiger partial charge in [0.25, 0.3) is 0 Å². The number of fused-ring (bicyclic) bond motifs is 2. The van der Waals surface area contributed by atoms with Crippen molar-refractivity contribution in [3.05, 3.63) is 50.9 Å². The number of nitrogens with two attached hydrogens (primary N) is 2. The van der Waals surface area contributed by atoms with Gasteiger partial charge < -0.3 is 30.4 Å². The third-order valence-electron chi connectivity index (χ3n) is 7.44. The molecule has 162 valence electrons. The van der Waals surface area contributed by atoms with Crippen LogP contribution in [-0.2, 0) is 18.9 Å². The molecule has 4 heterocycles. The predicted octanol–water partition coefficient (Wildman–Crippen LogP) is 0.674. The average Bonchev–Trinajstić information content (AvgIpc) is 3.57. The Hall–Kier alpha value is -1.96. The topological polar surface area (TPSA) is 102 Å². The van der Waals surface area contributed by atoms with E-state index < -0.39 is 5.54 Å². The second-order valence-electron chi connectivity index (χ2n) is 9.82. The summed E-state index contributed by atoms with van der Waals surface area (Å²) in [5.74, 6) is 0. The summed E-state index contributed by atoms with van der Waals surface area (Å²) in [6, 6.07) is 6.25. The molecule has 0 saturated carbocycles. The summed E-state index contributed by atoms with van der Waals surface area (Å²) in [5.41, 5.74) is 20.4. The van der Waals surface area contributed by atoms with Gasteiger partial charge in [-0.3, -0.25) is 0 Å². The average molecular weight is 421 g/mol. The largest absolute Gasteiger partial charge is 0.399 e. The van der Waals surface area contributed by atoms with Gasteiger partial charge in [0, 0.05) is 18.5 Å². The molecule has 2 aliphatic carbocycles. The molecule has 5 unspecified atom stereocenters. The van der Waals surface area contributed by atoms with Crippen molar-refractivity contribution in [3.63, 3.8) is 0 Å². The number of nitrogen functional groups attached to an aromatic ring is 1. The monoisotopic (exact) mass is 420 g/mol. The maximum atomic E-state index is 7.44. The second-order valence-corrected chi connectivity index (χ2v) is 9.82. The minimum atomic E-state index is -0.536. The van der Waals surface area contributed by atoms with Crippen LogP contribution in [0.5, 0.6) is 0 Å². The number of rotatable bonds is 8. The van der Waals surface area contributed by atoms with Crippen molar-refractivity contribution in [2.75, 3.05) is 32.2 Å². The molecule has 5 atom stereocenters. The van der Waals surface area contributed by atoms with Crippen LogP contribution in [0.3, 0.4) is 0 Å². The van der Waals surface area contributed by atoms with Crippen LogP contribution >= 0.6 is 0 Å². The van der Waals surface area contributed by atoms with Gasteiger partial charge in [-0.05, 0) is 69.4 Å². The summed E-state index contributed by atoms with van der Waals surface area (Å²) in [6.45, 7) is 3.26. The Morgan fingerprint density at radius 3 is 2.10 bits per heavy atom. The SMILES string of the molecule is Nc1ccc2c(c1)=CC1=C(CC3CO3)C(N)(CC3CO3)C(CC3CO3)=C(CC3CO3)C=21. The molecular weight excluding hydrogens is 392 g/mol. The molecule has 0 bridgehead atoms. The van der Waals surface area contributed by atoms with Gasteiger partial charge in [-0.25, -0.2) is 0 Å². The summed E-state index contributed by atoms with van der Waals surface area (Å²) in [5, 5.41) is 2.44. The Labute approximate surface area is 181 Å². The van der Waals surface area contributed by atoms with Crippen LogP contribution < -0.4 is 21.9 Å². The van der Waals surface area contributed by atoms with Crippen molar-refractivity contribution in [1.82, 2.24) is 0 Å². The van der Waals surface area contributed by atoms with Gasteiger partial charge in [0.15, 0.2) is 0 Å². The molecule has 6 nitrogen and oxygen atoms in total. The van der Waals surface area contributed by atoms with E-state index in [2.05, 4.69) is 18.2 Å². The first-order valence-corrected chi connectivity index (χ1v) is 11.4. The van der Waals surface area contributed by atoms with Crippen LogP contribution in [0.25, 0.3) is 11.6 Å². The summed E-state index contributed by atoms with van der Waals surface area (Å²) < 4.78 is 22.7. The number of ether oxygens (including phenoxy) is 4. The Bertz CT molecular complexity index is 1150. The lowest BCUT2D eigenvalue weighted by Crippen LogP contribution is -2.49. The van der Waals surface area contributed by atoms with E-state index in [0.29, 0.717) is 0 Å². The highest BCUT2D eigenvalue weighted by molar-refractivity contribution is 5.95. The zero-order valence-electron chi connectivity index (χ0n) is 17.6. The van der Waals surface area contributed by atoms with Gasteiger partial charge in [-0.1, -0.05) is 6.07 Å². The normalized spacial score (nSPS) is 36.9. The van der Waals surface area contributed by atoms with E-state index >= 15 is 0 Å². The fourth-order valence-corrected chi connectivity index (χ4v) is 5.56. The first-order chi connectivity index (χ1) is 15.1. The first kappa shape index (κ1) is 18.6. The molecule has 0 spiro atoms. The number of allylic oxidation sites excluding steroid dienone is 1. The summed E-state index contributed by atoms with van der Waals surface area (Å²) in [6.07, 6.45) is 6.80. The van der Waals surface area contributed by atoms with E-state index in [1.807, 2.05) is 6.07 Å². The van der Waals surface area contributed by atoms with Crippen molar-refractivity contribution in [1.29, 1.82) is 0 Å². The molecule has 31 heavy (non-hydrogen) atoms. The lowest BCUT2D eigenvalue weighted by atomic mass is 9.66. The molecule has 0 aromatic heterocycles. The van der Waals surface area contributed by atoms with Gasteiger partial charge >= 0.3 is 0 Å². The molecule has 6 aliphatic rings. The van der Waals surface area contributed by atoms with E-state index in [-0.39, 0.29) is 24.4 Å². The summed E-state index contributed by atoms with van der Waals surface area (Å²) in [7, 11) is 0. The Morgan fingerprint density at radius 2 is 1.45 bits per heavy atom. The van der Waals surface area contributed by atoms with Crippen molar-refractivity contribution in [3.8, 4) is 0 Å². The lowest BCUT2D eigenvalue weighted by molar-refractivity contribution is 0.337. The molecular formula is C25H28N2O4. The number of hydrogen-bond donors (Lipinski definition) is 2. The van der Waals surface area contributed by atoms with Crippen LogP contribution in [0, 0.1) is 0 Å². The van der Waals surface area contributed by atoms with E-state index in [9.17, 15) is 0 Å². The minimum Gasteiger partial charge on any atom is -0.399 e. The Morgan fingerprint density at radius 1 is 0.839 bits per heavy atom. The zero-order chi connectivity index (χ0) is 20.7. The minimum absolute atomic E-state index is 0.232. The molecule has 4 fully saturated rings.